The van der Waals surface area contributed by atoms with Crippen LogP contribution in [0.1, 0.15) is 30.0 Å². The van der Waals surface area contributed by atoms with Crippen LogP contribution in [0.15, 0.2) is 36.4 Å². The van der Waals surface area contributed by atoms with E-state index in [0.29, 0.717) is 13.0 Å². The molecule has 4 heteroatoms. The molecule has 0 bridgehead atoms. The molecule has 1 N–H and O–H groups in total. The van der Waals surface area contributed by atoms with Crippen molar-refractivity contribution in [1.29, 1.82) is 0 Å². The first-order chi connectivity index (χ1) is 10.5. The van der Waals surface area contributed by atoms with Crippen molar-refractivity contribution in [2.75, 3.05) is 5.32 Å². The van der Waals surface area contributed by atoms with E-state index in [2.05, 4.69) is 40.9 Å². The Morgan fingerprint density at radius 1 is 1.23 bits per heavy atom. The lowest BCUT2D eigenvalue weighted by atomic mass is 10.1. The van der Waals surface area contributed by atoms with Crippen molar-refractivity contribution in [3.63, 3.8) is 0 Å². The molecular formula is C18H20INO2. The Balaban J connectivity index is 2.18. The van der Waals surface area contributed by atoms with Gasteiger partial charge in [0.25, 0.3) is 0 Å². The minimum absolute atomic E-state index is 0.0110. The Bertz CT molecular complexity index is 683. The van der Waals surface area contributed by atoms with Gasteiger partial charge in [0.05, 0.1) is 5.69 Å². The van der Waals surface area contributed by atoms with Crippen LogP contribution in [0, 0.1) is 17.4 Å². The summed E-state index contributed by atoms with van der Waals surface area (Å²) in [7, 11) is 0. The maximum Gasteiger partial charge on any atom is 0.224 e. The van der Waals surface area contributed by atoms with E-state index in [1.54, 1.807) is 0 Å². The summed E-state index contributed by atoms with van der Waals surface area (Å²) in [5, 5.41) is 2.96. The van der Waals surface area contributed by atoms with Crippen molar-refractivity contribution in [2.45, 2.75) is 33.8 Å². The number of para-hydroxylation sites is 1. The monoisotopic (exact) mass is 409 g/mol. The fourth-order valence-corrected chi connectivity index (χ4v) is 2.86. The molecule has 2 aromatic carbocycles. The van der Waals surface area contributed by atoms with Crippen LogP contribution in [0.4, 0.5) is 5.69 Å². The summed E-state index contributed by atoms with van der Waals surface area (Å²) in [6.45, 7) is 6.38. The molecule has 0 atom stereocenters. The maximum absolute atomic E-state index is 11.7. The van der Waals surface area contributed by atoms with Crippen LogP contribution in [0.5, 0.6) is 5.75 Å². The smallest absolute Gasteiger partial charge is 0.224 e. The van der Waals surface area contributed by atoms with Gasteiger partial charge in [-0.25, -0.2) is 0 Å². The molecule has 0 heterocycles. The highest BCUT2D eigenvalue weighted by molar-refractivity contribution is 14.1. The molecule has 2 rings (SSSR count). The molecule has 0 saturated heterocycles. The number of rotatable bonds is 5. The molecule has 0 aliphatic carbocycles. The fraction of sp³-hybridized carbons (Fsp3) is 0.278. The van der Waals surface area contributed by atoms with Crippen molar-refractivity contribution < 1.29 is 9.53 Å². The third-order valence-electron chi connectivity index (χ3n) is 3.40. The molecule has 3 nitrogen and oxygen atoms in total. The van der Waals surface area contributed by atoms with Gasteiger partial charge in [-0.3, -0.25) is 4.79 Å². The molecule has 0 aliphatic heterocycles. The summed E-state index contributed by atoms with van der Waals surface area (Å²) in [4.78, 5) is 11.7. The van der Waals surface area contributed by atoms with E-state index in [0.717, 1.165) is 26.1 Å². The summed E-state index contributed by atoms with van der Waals surface area (Å²) in [6, 6.07) is 12.1. The Labute approximate surface area is 145 Å². The maximum atomic E-state index is 11.7. The van der Waals surface area contributed by atoms with E-state index < -0.39 is 0 Å². The van der Waals surface area contributed by atoms with E-state index >= 15 is 0 Å². The average Bonchev–Trinajstić information content (AvgIpc) is 2.49. The third-order valence-corrected chi connectivity index (χ3v) is 4.30. The Morgan fingerprint density at radius 2 is 2.00 bits per heavy atom. The number of amides is 1. The van der Waals surface area contributed by atoms with Gasteiger partial charge < -0.3 is 10.1 Å². The largest absolute Gasteiger partial charge is 0.489 e. The second-order valence-corrected chi connectivity index (χ2v) is 6.40. The first-order valence-corrected chi connectivity index (χ1v) is 8.36. The second kappa shape index (κ2) is 7.63. The summed E-state index contributed by atoms with van der Waals surface area (Å²) in [5.41, 5.74) is 4.16. The van der Waals surface area contributed by atoms with E-state index in [4.69, 9.17) is 4.74 Å². The van der Waals surface area contributed by atoms with Crippen LogP contribution >= 0.6 is 22.6 Å². The van der Waals surface area contributed by atoms with E-state index in [9.17, 15) is 4.79 Å². The first kappa shape index (κ1) is 16.8. The molecule has 0 fully saturated rings. The lowest BCUT2D eigenvalue weighted by Crippen LogP contribution is -2.13. The minimum atomic E-state index is 0.0110. The zero-order valence-electron chi connectivity index (χ0n) is 13.1. The van der Waals surface area contributed by atoms with Crippen LogP contribution < -0.4 is 10.1 Å². The zero-order chi connectivity index (χ0) is 16.1. The summed E-state index contributed by atoms with van der Waals surface area (Å²) >= 11 is 2.23. The quantitative estimate of drug-likeness (QED) is 0.719. The molecule has 0 aromatic heterocycles. The number of carbonyl (C=O) groups excluding carboxylic acids is 1. The van der Waals surface area contributed by atoms with Crippen LogP contribution in [-0.2, 0) is 11.4 Å². The predicted molar refractivity (Wildman–Crippen MR) is 98.3 cm³/mol. The number of benzene rings is 2. The van der Waals surface area contributed by atoms with Crippen LogP contribution in [0.3, 0.4) is 0 Å². The van der Waals surface area contributed by atoms with Crippen molar-refractivity contribution in [3.05, 3.63) is 56.7 Å². The van der Waals surface area contributed by atoms with Gasteiger partial charge in [0.2, 0.25) is 5.91 Å². The predicted octanol–water partition coefficient (Wildman–Crippen LogP) is 4.84. The first-order valence-electron chi connectivity index (χ1n) is 7.28. The van der Waals surface area contributed by atoms with Crippen LogP contribution in [-0.4, -0.2) is 5.91 Å². The Kier molecular flexibility index (Phi) is 5.83. The van der Waals surface area contributed by atoms with Gasteiger partial charge in [-0.05, 0) is 54.1 Å². The normalized spacial score (nSPS) is 10.4. The average molecular weight is 409 g/mol. The molecule has 1 amide bonds. The summed E-state index contributed by atoms with van der Waals surface area (Å²) in [6.07, 6.45) is 0.461. The summed E-state index contributed by atoms with van der Waals surface area (Å²) < 4.78 is 6.95. The standard InChI is InChI=1S/C18H20INO2/c1-4-17(21)20-18-14(6-5-7-15(18)19)11-22-16-9-8-12(2)10-13(16)3/h5-10H,4,11H2,1-3H3,(H,20,21). The molecule has 116 valence electrons. The van der Waals surface area contributed by atoms with Crippen molar-refractivity contribution in [3.8, 4) is 5.75 Å². The number of hydrogen-bond acceptors (Lipinski definition) is 2. The van der Waals surface area contributed by atoms with Gasteiger partial charge in [0, 0.05) is 15.6 Å². The van der Waals surface area contributed by atoms with Gasteiger partial charge in [0.15, 0.2) is 0 Å². The Morgan fingerprint density at radius 3 is 2.68 bits per heavy atom. The fourth-order valence-electron chi connectivity index (χ4n) is 2.17. The SMILES string of the molecule is CCC(=O)Nc1c(I)cccc1COc1ccc(C)cc1C. The molecule has 22 heavy (non-hydrogen) atoms. The number of hydrogen-bond donors (Lipinski definition) is 1. The van der Waals surface area contributed by atoms with Crippen LogP contribution in [0.25, 0.3) is 0 Å². The van der Waals surface area contributed by atoms with E-state index in [1.165, 1.54) is 5.56 Å². The molecular weight excluding hydrogens is 389 g/mol. The number of carbonyl (C=O) groups is 1. The highest BCUT2D eigenvalue weighted by Crippen LogP contribution is 2.26. The second-order valence-electron chi connectivity index (χ2n) is 5.23. The number of anilines is 1. The number of ether oxygens (including phenoxy) is 1. The zero-order valence-corrected chi connectivity index (χ0v) is 15.2. The van der Waals surface area contributed by atoms with Gasteiger partial charge >= 0.3 is 0 Å². The number of aryl methyl sites for hydroxylation is 2. The topological polar surface area (TPSA) is 38.3 Å². The van der Waals surface area contributed by atoms with Crippen LogP contribution in [0.2, 0.25) is 0 Å². The summed E-state index contributed by atoms with van der Waals surface area (Å²) in [5.74, 6) is 0.883. The molecule has 0 radical (unpaired) electrons. The lowest BCUT2D eigenvalue weighted by Gasteiger charge is -2.15. The molecule has 0 aliphatic rings. The van der Waals surface area contributed by atoms with Gasteiger partial charge in [-0.15, -0.1) is 0 Å². The van der Waals surface area contributed by atoms with E-state index in [1.807, 2.05) is 44.2 Å². The van der Waals surface area contributed by atoms with Gasteiger partial charge in [0.1, 0.15) is 12.4 Å². The molecule has 0 saturated carbocycles. The van der Waals surface area contributed by atoms with Crippen molar-refractivity contribution >= 4 is 34.2 Å². The number of nitrogens with one attached hydrogen (secondary N) is 1. The lowest BCUT2D eigenvalue weighted by molar-refractivity contribution is -0.115. The van der Waals surface area contributed by atoms with Gasteiger partial charge in [-0.1, -0.05) is 36.8 Å². The number of halogens is 1. The van der Waals surface area contributed by atoms with E-state index in [-0.39, 0.29) is 5.91 Å². The molecule has 2 aromatic rings. The Hall–Kier alpha value is -1.56. The molecule has 0 spiro atoms. The van der Waals surface area contributed by atoms with Crippen molar-refractivity contribution in [2.24, 2.45) is 0 Å². The third kappa shape index (κ3) is 4.22. The van der Waals surface area contributed by atoms with Crippen molar-refractivity contribution in [1.82, 2.24) is 0 Å². The minimum Gasteiger partial charge on any atom is -0.489 e. The highest BCUT2D eigenvalue weighted by Gasteiger charge is 2.10. The molecule has 0 unspecified atom stereocenters. The van der Waals surface area contributed by atoms with Gasteiger partial charge in [-0.2, -0.15) is 0 Å². The highest BCUT2D eigenvalue weighted by atomic mass is 127.